The highest BCUT2D eigenvalue weighted by molar-refractivity contribution is 5.22. The van der Waals surface area contributed by atoms with Gasteiger partial charge >= 0.3 is 0 Å². The highest BCUT2D eigenvalue weighted by atomic mass is 35.5. The summed E-state index contributed by atoms with van der Waals surface area (Å²) < 4.78 is 90.8. The van der Waals surface area contributed by atoms with Crippen molar-refractivity contribution in [2.75, 3.05) is 0 Å². The summed E-state index contributed by atoms with van der Waals surface area (Å²) >= 11 is 0. The summed E-state index contributed by atoms with van der Waals surface area (Å²) in [6.07, 6.45) is 1.88. The molecule has 0 N–H and O–H groups in total. The standard InChI is InChI=1S/C24H18F6N3O.ClH/c25-17-3-1-15(21(28)7-17)10-32-13-31-33(14-32)11-24(20-6-5-19(27)9-23(20)30)34-12-16-2-4-18(26)8-22(16)29;/h1-9,13-14,24H,10-12H2;1H/q+1;/p-1. The Morgan fingerprint density at radius 1 is 0.771 bits per heavy atom. The SMILES string of the molecule is Fc1ccc(COC(Cn2c[n+](Cc3ccc(F)cc3F)cn2)c2ccc(F)cc2F)c(F)c1.[Cl-]. The molecule has 1 heterocycles. The van der Waals surface area contributed by atoms with E-state index in [2.05, 4.69) is 5.10 Å². The summed E-state index contributed by atoms with van der Waals surface area (Å²) in [5.74, 6) is -4.62. The number of aromatic nitrogens is 3. The molecule has 0 aliphatic rings. The molecule has 0 fully saturated rings. The monoisotopic (exact) mass is 513 g/mol. The van der Waals surface area contributed by atoms with Gasteiger partial charge in [0.05, 0.1) is 13.2 Å². The van der Waals surface area contributed by atoms with Crippen LogP contribution in [0.4, 0.5) is 26.3 Å². The summed E-state index contributed by atoms with van der Waals surface area (Å²) in [7, 11) is 0. The summed E-state index contributed by atoms with van der Waals surface area (Å²) in [6.45, 7) is -0.302. The van der Waals surface area contributed by atoms with Crippen LogP contribution in [0, 0.1) is 34.9 Å². The lowest BCUT2D eigenvalue weighted by atomic mass is 10.1. The minimum Gasteiger partial charge on any atom is -1.00 e. The molecule has 0 aliphatic carbocycles. The third-order valence-corrected chi connectivity index (χ3v) is 5.12. The van der Waals surface area contributed by atoms with E-state index in [0.29, 0.717) is 12.1 Å². The molecule has 0 saturated heterocycles. The summed E-state index contributed by atoms with van der Waals surface area (Å²) in [6, 6.07) is 9.18. The second-order valence-electron chi connectivity index (χ2n) is 7.58. The maximum absolute atomic E-state index is 14.5. The van der Waals surface area contributed by atoms with Crippen molar-refractivity contribution in [1.82, 2.24) is 9.78 Å². The molecule has 0 amide bonds. The van der Waals surface area contributed by atoms with Crippen molar-refractivity contribution in [3.8, 4) is 0 Å². The lowest BCUT2D eigenvalue weighted by molar-refractivity contribution is -0.689. The van der Waals surface area contributed by atoms with Gasteiger partial charge in [-0.3, -0.25) is 0 Å². The molecule has 0 radical (unpaired) electrons. The van der Waals surface area contributed by atoms with Crippen LogP contribution in [-0.4, -0.2) is 9.78 Å². The van der Waals surface area contributed by atoms with Crippen LogP contribution in [-0.2, 0) is 24.4 Å². The average Bonchev–Trinajstić information content (AvgIpc) is 3.21. The highest BCUT2D eigenvalue weighted by Gasteiger charge is 2.23. The quantitative estimate of drug-likeness (QED) is 0.267. The fraction of sp³-hybridized carbons (Fsp3) is 0.167. The van der Waals surface area contributed by atoms with E-state index in [0.717, 1.165) is 24.3 Å². The molecule has 4 aromatic rings. The van der Waals surface area contributed by atoms with Gasteiger partial charge < -0.3 is 17.1 Å². The lowest BCUT2D eigenvalue weighted by Crippen LogP contribution is -3.00. The van der Waals surface area contributed by atoms with Crippen LogP contribution < -0.4 is 17.0 Å². The van der Waals surface area contributed by atoms with Gasteiger partial charge in [0, 0.05) is 40.0 Å². The normalized spacial score (nSPS) is 11.8. The van der Waals surface area contributed by atoms with E-state index >= 15 is 0 Å². The predicted octanol–water partition coefficient (Wildman–Crippen LogP) is 2.02. The molecule has 1 atom stereocenters. The average molecular weight is 514 g/mol. The maximum atomic E-state index is 14.5. The van der Waals surface area contributed by atoms with Crippen molar-refractivity contribution in [1.29, 1.82) is 0 Å². The Morgan fingerprint density at radius 2 is 1.34 bits per heavy atom. The van der Waals surface area contributed by atoms with Crippen LogP contribution in [0.15, 0.2) is 67.3 Å². The summed E-state index contributed by atoms with van der Waals surface area (Å²) in [5.41, 5.74) is 0.293. The third kappa shape index (κ3) is 6.61. The minimum absolute atomic E-state index is 0. The highest BCUT2D eigenvalue weighted by Crippen LogP contribution is 2.25. The van der Waals surface area contributed by atoms with Crippen LogP contribution in [0.1, 0.15) is 22.8 Å². The molecule has 0 bridgehead atoms. The van der Waals surface area contributed by atoms with E-state index in [9.17, 15) is 26.3 Å². The molecule has 0 aliphatic heterocycles. The van der Waals surface area contributed by atoms with Gasteiger partial charge in [0.25, 0.3) is 6.33 Å². The molecule has 184 valence electrons. The zero-order chi connectivity index (χ0) is 24.2. The van der Waals surface area contributed by atoms with Gasteiger partial charge in [0.15, 0.2) is 0 Å². The Bertz CT molecular complexity index is 1320. The molecule has 4 nitrogen and oxygen atoms in total. The third-order valence-electron chi connectivity index (χ3n) is 5.12. The number of rotatable bonds is 8. The Balaban J connectivity index is 0.00000342. The van der Waals surface area contributed by atoms with Crippen molar-refractivity contribution < 1.29 is 48.1 Å². The smallest absolute Gasteiger partial charge is 0.265 e. The Morgan fingerprint density at radius 3 is 1.94 bits per heavy atom. The molecule has 0 spiro atoms. The van der Waals surface area contributed by atoms with Crippen LogP contribution in [0.2, 0.25) is 0 Å². The first-order chi connectivity index (χ1) is 16.3. The van der Waals surface area contributed by atoms with E-state index in [1.54, 1.807) is 0 Å². The van der Waals surface area contributed by atoms with E-state index < -0.39 is 41.0 Å². The van der Waals surface area contributed by atoms with Crippen LogP contribution >= 0.6 is 0 Å². The Hall–Kier alpha value is -3.37. The van der Waals surface area contributed by atoms with Crippen LogP contribution in [0.25, 0.3) is 0 Å². The predicted molar refractivity (Wildman–Crippen MR) is 108 cm³/mol. The number of hydrogen-bond donors (Lipinski definition) is 0. The molecular weight excluding hydrogens is 496 g/mol. The van der Waals surface area contributed by atoms with Gasteiger partial charge in [-0.05, 0) is 24.3 Å². The second kappa shape index (κ2) is 11.4. The number of nitrogens with zero attached hydrogens (tertiary/aromatic N) is 3. The van der Waals surface area contributed by atoms with E-state index in [1.165, 1.54) is 40.1 Å². The van der Waals surface area contributed by atoms with Crippen molar-refractivity contribution in [3.63, 3.8) is 0 Å². The maximum Gasteiger partial charge on any atom is 0.265 e. The second-order valence-corrected chi connectivity index (χ2v) is 7.58. The molecule has 35 heavy (non-hydrogen) atoms. The fourth-order valence-corrected chi connectivity index (χ4v) is 3.39. The number of benzene rings is 3. The minimum atomic E-state index is -1.01. The fourth-order valence-electron chi connectivity index (χ4n) is 3.39. The number of hydrogen-bond acceptors (Lipinski definition) is 2. The van der Waals surface area contributed by atoms with Crippen molar-refractivity contribution in [3.05, 3.63) is 119 Å². The zero-order valence-electron chi connectivity index (χ0n) is 17.9. The molecule has 11 heteroatoms. The van der Waals surface area contributed by atoms with Gasteiger partial charge in [-0.1, -0.05) is 12.1 Å². The van der Waals surface area contributed by atoms with E-state index in [-0.39, 0.29) is 48.8 Å². The molecule has 3 aromatic carbocycles. The van der Waals surface area contributed by atoms with Gasteiger partial charge in [-0.2, -0.15) is 0 Å². The molecular formula is C24H18ClF6N3O. The van der Waals surface area contributed by atoms with E-state index in [1.807, 2.05) is 0 Å². The van der Waals surface area contributed by atoms with E-state index in [4.69, 9.17) is 4.74 Å². The van der Waals surface area contributed by atoms with Crippen LogP contribution in [0.5, 0.6) is 0 Å². The number of ether oxygens (including phenoxy) is 1. The van der Waals surface area contributed by atoms with Gasteiger partial charge in [-0.15, -0.1) is 4.68 Å². The first-order valence-corrected chi connectivity index (χ1v) is 10.1. The first kappa shape index (κ1) is 26.2. The first-order valence-electron chi connectivity index (χ1n) is 10.1. The summed E-state index contributed by atoms with van der Waals surface area (Å²) in [5, 5.41) is 4.14. The summed E-state index contributed by atoms with van der Waals surface area (Å²) in [4.78, 5) is 0. The van der Waals surface area contributed by atoms with Gasteiger partial charge in [0.2, 0.25) is 6.33 Å². The lowest BCUT2D eigenvalue weighted by Gasteiger charge is -2.17. The van der Waals surface area contributed by atoms with Crippen molar-refractivity contribution in [2.45, 2.75) is 25.8 Å². The van der Waals surface area contributed by atoms with Crippen LogP contribution in [0.3, 0.4) is 0 Å². The zero-order valence-corrected chi connectivity index (χ0v) is 18.7. The Kier molecular flexibility index (Phi) is 8.52. The molecule has 0 saturated carbocycles. The largest absolute Gasteiger partial charge is 1.00 e. The number of halogens is 7. The topological polar surface area (TPSA) is 30.9 Å². The van der Waals surface area contributed by atoms with Crippen molar-refractivity contribution in [2.24, 2.45) is 0 Å². The molecule has 1 aromatic heterocycles. The van der Waals surface area contributed by atoms with Crippen molar-refractivity contribution >= 4 is 0 Å². The van der Waals surface area contributed by atoms with Gasteiger partial charge in [-0.25, -0.2) is 30.9 Å². The van der Waals surface area contributed by atoms with Gasteiger partial charge in [0.1, 0.15) is 47.6 Å². The molecule has 1 unspecified atom stereocenters. The molecule has 4 rings (SSSR count). The Labute approximate surface area is 202 Å².